The number of ketones is 1. The van der Waals surface area contributed by atoms with E-state index in [0.717, 1.165) is 0 Å². The van der Waals surface area contributed by atoms with Crippen molar-refractivity contribution in [1.82, 2.24) is 4.90 Å². The fourth-order valence-electron chi connectivity index (χ4n) is 2.44. The number of Topliss-reactive ketones (excluding diaryl/α,β-unsaturated/α-hetero) is 1. The molecule has 0 aliphatic heterocycles. The van der Waals surface area contributed by atoms with Crippen LogP contribution in [0.4, 0.5) is 0 Å². The van der Waals surface area contributed by atoms with Crippen LogP contribution in [0.25, 0.3) is 0 Å². The van der Waals surface area contributed by atoms with Crippen molar-refractivity contribution in [3.63, 3.8) is 0 Å². The van der Waals surface area contributed by atoms with Crippen LogP contribution in [0.5, 0.6) is 0 Å². The van der Waals surface area contributed by atoms with E-state index in [4.69, 9.17) is 4.74 Å². The third-order valence-electron chi connectivity index (χ3n) is 3.67. The van der Waals surface area contributed by atoms with Crippen LogP contribution in [0.2, 0.25) is 0 Å². The highest BCUT2D eigenvalue weighted by molar-refractivity contribution is 6.00. The van der Waals surface area contributed by atoms with Gasteiger partial charge >= 0.3 is 5.97 Å². The highest BCUT2D eigenvalue weighted by Gasteiger charge is 2.32. The molecule has 2 aromatic carbocycles. The third-order valence-corrected chi connectivity index (χ3v) is 3.67. The molecule has 24 heavy (non-hydrogen) atoms. The molecule has 0 aromatic heterocycles. The Morgan fingerprint density at radius 1 is 0.958 bits per heavy atom. The Hall–Kier alpha value is -2.95. The number of ether oxygens (including phenoxy) is 1. The second kappa shape index (κ2) is 8.06. The van der Waals surface area contributed by atoms with Crippen LogP contribution < -0.4 is 0 Å². The first kappa shape index (κ1) is 17.4. The molecule has 0 heterocycles. The second-order valence-corrected chi connectivity index (χ2v) is 5.27. The Labute approximate surface area is 140 Å². The van der Waals surface area contributed by atoms with Crippen molar-refractivity contribution >= 4 is 17.7 Å². The van der Waals surface area contributed by atoms with Gasteiger partial charge in [-0.15, -0.1) is 0 Å². The van der Waals surface area contributed by atoms with Gasteiger partial charge in [-0.05, 0) is 5.56 Å². The summed E-state index contributed by atoms with van der Waals surface area (Å²) in [5, 5.41) is 0. The van der Waals surface area contributed by atoms with E-state index in [1.54, 1.807) is 54.6 Å². The second-order valence-electron chi connectivity index (χ2n) is 5.27. The Bertz CT molecular complexity index is 713. The Morgan fingerprint density at radius 2 is 1.50 bits per heavy atom. The number of hydrogen-bond acceptors (Lipinski definition) is 4. The van der Waals surface area contributed by atoms with Gasteiger partial charge in [0, 0.05) is 12.5 Å². The molecule has 1 atom stereocenters. The van der Waals surface area contributed by atoms with Crippen molar-refractivity contribution in [2.45, 2.75) is 13.0 Å². The van der Waals surface area contributed by atoms with Gasteiger partial charge in [0.05, 0.1) is 13.7 Å². The maximum absolute atomic E-state index is 12.5. The fourth-order valence-corrected chi connectivity index (χ4v) is 2.44. The highest BCUT2D eigenvalue weighted by Crippen LogP contribution is 2.23. The molecule has 0 radical (unpaired) electrons. The first-order valence-corrected chi connectivity index (χ1v) is 7.53. The summed E-state index contributed by atoms with van der Waals surface area (Å²) in [5.74, 6) is -1.20. The number of nitrogens with zero attached hydrogens (tertiary/aromatic N) is 1. The highest BCUT2D eigenvalue weighted by atomic mass is 16.5. The fraction of sp³-hybridized carbons (Fsp3) is 0.211. The summed E-state index contributed by atoms with van der Waals surface area (Å²) in [5.41, 5.74) is 1.08. The molecule has 0 N–H and O–H groups in total. The molecule has 124 valence electrons. The zero-order chi connectivity index (χ0) is 17.5. The van der Waals surface area contributed by atoms with E-state index in [1.807, 2.05) is 6.07 Å². The predicted octanol–water partition coefficient (Wildman–Crippen LogP) is 2.63. The van der Waals surface area contributed by atoms with Gasteiger partial charge in [0.1, 0.15) is 0 Å². The molecule has 2 rings (SSSR count). The van der Waals surface area contributed by atoms with E-state index >= 15 is 0 Å². The summed E-state index contributed by atoms with van der Waals surface area (Å²) < 4.78 is 4.84. The molecule has 0 bridgehead atoms. The summed E-state index contributed by atoms with van der Waals surface area (Å²) in [7, 11) is 1.26. The standard InChI is InChI=1S/C19H19NO4/c1-14(21)20(13-17(22)15-9-5-3-6-10-15)18(19(23)24-2)16-11-7-4-8-12-16/h3-12,18H,13H2,1-2H3. The molecular formula is C19H19NO4. The first-order chi connectivity index (χ1) is 11.5. The number of esters is 1. The lowest BCUT2D eigenvalue weighted by Crippen LogP contribution is -2.41. The Kier molecular flexibility index (Phi) is 5.84. The number of carbonyl (C=O) groups is 3. The summed E-state index contributed by atoms with van der Waals surface area (Å²) >= 11 is 0. The van der Waals surface area contributed by atoms with Crippen LogP contribution >= 0.6 is 0 Å². The van der Waals surface area contributed by atoms with Gasteiger partial charge < -0.3 is 9.64 Å². The minimum Gasteiger partial charge on any atom is -0.467 e. The first-order valence-electron chi connectivity index (χ1n) is 7.53. The van der Waals surface area contributed by atoms with E-state index in [0.29, 0.717) is 11.1 Å². The Balaban J connectivity index is 2.34. The maximum atomic E-state index is 12.5. The minimum absolute atomic E-state index is 0.200. The lowest BCUT2D eigenvalue weighted by atomic mass is 10.0. The van der Waals surface area contributed by atoms with Crippen molar-refractivity contribution in [2.24, 2.45) is 0 Å². The van der Waals surface area contributed by atoms with Gasteiger partial charge in [0.15, 0.2) is 11.8 Å². The lowest BCUT2D eigenvalue weighted by molar-refractivity contribution is -0.152. The van der Waals surface area contributed by atoms with Crippen LogP contribution in [0, 0.1) is 0 Å². The van der Waals surface area contributed by atoms with E-state index in [9.17, 15) is 14.4 Å². The SMILES string of the molecule is COC(=O)C(c1ccccc1)N(CC(=O)c1ccccc1)C(C)=O. The van der Waals surface area contributed by atoms with E-state index in [2.05, 4.69) is 0 Å². The molecule has 0 spiro atoms. The van der Waals surface area contributed by atoms with Crippen molar-refractivity contribution in [1.29, 1.82) is 0 Å². The van der Waals surface area contributed by atoms with Gasteiger partial charge in [-0.1, -0.05) is 60.7 Å². The van der Waals surface area contributed by atoms with Gasteiger partial charge in [-0.25, -0.2) is 4.79 Å². The van der Waals surface area contributed by atoms with Gasteiger partial charge in [0.2, 0.25) is 5.91 Å². The largest absolute Gasteiger partial charge is 0.467 e. The number of amides is 1. The Morgan fingerprint density at radius 3 is 2.00 bits per heavy atom. The van der Waals surface area contributed by atoms with Crippen molar-refractivity contribution < 1.29 is 19.1 Å². The average Bonchev–Trinajstić information content (AvgIpc) is 2.62. The topological polar surface area (TPSA) is 63.7 Å². The number of methoxy groups -OCH3 is 1. The maximum Gasteiger partial charge on any atom is 0.333 e. The van der Waals surface area contributed by atoms with Gasteiger partial charge in [-0.3, -0.25) is 9.59 Å². The molecule has 5 heteroatoms. The smallest absolute Gasteiger partial charge is 0.333 e. The lowest BCUT2D eigenvalue weighted by Gasteiger charge is -2.28. The summed E-state index contributed by atoms with van der Waals surface area (Å²) in [6.07, 6.45) is 0. The van der Waals surface area contributed by atoms with Crippen LogP contribution in [-0.4, -0.2) is 36.2 Å². The normalized spacial score (nSPS) is 11.4. The molecule has 0 saturated heterocycles. The molecule has 2 aromatic rings. The average molecular weight is 325 g/mol. The zero-order valence-electron chi connectivity index (χ0n) is 13.6. The third kappa shape index (κ3) is 4.07. The molecule has 0 saturated carbocycles. The van der Waals surface area contributed by atoms with E-state index < -0.39 is 12.0 Å². The van der Waals surface area contributed by atoms with Crippen LogP contribution in [0.1, 0.15) is 28.9 Å². The van der Waals surface area contributed by atoms with Crippen LogP contribution in [0.3, 0.4) is 0 Å². The number of hydrogen-bond donors (Lipinski definition) is 0. The number of benzene rings is 2. The van der Waals surface area contributed by atoms with E-state index in [-0.39, 0.29) is 18.2 Å². The summed E-state index contributed by atoms with van der Waals surface area (Å²) in [4.78, 5) is 38.1. The van der Waals surface area contributed by atoms with E-state index in [1.165, 1.54) is 18.9 Å². The molecule has 1 unspecified atom stereocenters. The van der Waals surface area contributed by atoms with Crippen molar-refractivity contribution in [3.05, 3.63) is 71.8 Å². The molecule has 5 nitrogen and oxygen atoms in total. The summed E-state index contributed by atoms with van der Waals surface area (Å²) in [6, 6.07) is 16.5. The van der Waals surface area contributed by atoms with Gasteiger partial charge in [-0.2, -0.15) is 0 Å². The zero-order valence-corrected chi connectivity index (χ0v) is 13.6. The number of rotatable bonds is 6. The van der Waals surface area contributed by atoms with Crippen molar-refractivity contribution in [3.8, 4) is 0 Å². The molecule has 0 aliphatic carbocycles. The van der Waals surface area contributed by atoms with Crippen LogP contribution in [0.15, 0.2) is 60.7 Å². The van der Waals surface area contributed by atoms with Crippen LogP contribution in [-0.2, 0) is 14.3 Å². The minimum atomic E-state index is -0.957. The molecule has 0 aliphatic rings. The number of carbonyl (C=O) groups excluding carboxylic acids is 3. The van der Waals surface area contributed by atoms with Gasteiger partial charge in [0.25, 0.3) is 0 Å². The molecule has 1 amide bonds. The monoisotopic (exact) mass is 325 g/mol. The predicted molar refractivity (Wildman–Crippen MR) is 89.4 cm³/mol. The van der Waals surface area contributed by atoms with Crippen molar-refractivity contribution in [2.75, 3.05) is 13.7 Å². The molecule has 0 fully saturated rings. The quantitative estimate of drug-likeness (QED) is 0.605. The summed E-state index contributed by atoms with van der Waals surface area (Å²) in [6.45, 7) is 1.13. The molecular weight excluding hydrogens is 306 g/mol.